The lowest BCUT2D eigenvalue weighted by Crippen LogP contribution is -1.93. The van der Waals surface area contributed by atoms with Gasteiger partial charge in [-0.3, -0.25) is 0 Å². The summed E-state index contributed by atoms with van der Waals surface area (Å²) in [6.07, 6.45) is 0. The first-order valence-electron chi connectivity index (χ1n) is 3.46. The highest BCUT2D eigenvalue weighted by Crippen LogP contribution is 2.42. The molecule has 0 amide bonds. The van der Waals surface area contributed by atoms with Gasteiger partial charge in [-0.15, -0.1) is 0 Å². The van der Waals surface area contributed by atoms with Crippen molar-refractivity contribution in [3.05, 3.63) is 11.1 Å². The molecule has 0 fully saturated rings. The van der Waals surface area contributed by atoms with Crippen molar-refractivity contribution < 1.29 is 15.3 Å². The van der Waals surface area contributed by atoms with Crippen LogP contribution in [0.5, 0.6) is 17.2 Å². The van der Waals surface area contributed by atoms with E-state index in [2.05, 4.69) is 0 Å². The minimum Gasteiger partial charge on any atom is -0.505 e. The Labute approximate surface area is 69.9 Å². The number of nitrogens with two attached hydrogens (primary N) is 1. The molecule has 0 aliphatic heterocycles. The molecular weight excluding hydrogens is 158 g/mol. The molecule has 0 atom stereocenters. The van der Waals surface area contributed by atoms with Crippen LogP contribution in [0.1, 0.15) is 11.1 Å². The SMILES string of the molecule is Cc1c(N)c(O)c(C)c(O)c1O. The highest BCUT2D eigenvalue weighted by molar-refractivity contribution is 5.70. The Morgan fingerprint density at radius 2 is 1.25 bits per heavy atom. The van der Waals surface area contributed by atoms with Crippen LogP contribution in [0.4, 0.5) is 5.69 Å². The monoisotopic (exact) mass is 169 g/mol. The van der Waals surface area contributed by atoms with Gasteiger partial charge in [0.1, 0.15) is 5.75 Å². The van der Waals surface area contributed by atoms with E-state index in [1.54, 1.807) is 0 Å². The van der Waals surface area contributed by atoms with Crippen molar-refractivity contribution in [2.24, 2.45) is 0 Å². The van der Waals surface area contributed by atoms with Crippen molar-refractivity contribution in [2.45, 2.75) is 13.8 Å². The molecule has 0 bridgehead atoms. The second-order valence-corrected chi connectivity index (χ2v) is 2.71. The van der Waals surface area contributed by atoms with E-state index in [9.17, 15) is 15.3 Å². The molecule has 0 aromatic heterocycles. The third-order valence-corrected chi connectivity index (χ3v) is 1.95. The molecule has 0 saturated heterocycles. The van der Waals surface area contributed by atoms with E-state index in [4.69, 9.17) is 5.73 Å². The molecule has 0 unspecified atom stereocenters. The first-order valence-corrected chi connectivity index (χ1v) is 3.46. The van der Waals surface area contributed by atoms with Crippen molar-refractivity contribution in [1.29, 1.82) is 0 Å². The Morgan fingerprint density at radius 1 is 0.833 bits per heavy atom. The maximum atomic E-state index is 9.30. The summed E-state index contributed by atoms with van der Waals surface area (Å²) in [6, 6.07) is 0. The van der Waals surface area contributed by atoms with Gasteiger partial charge in [0, 0.05) is 11.1 Å². The van der Waals surface area contributed by atoms with Gasteiger partial charge < -0.3 is 21.1 Å². The quantitative estimate of drug-likeness (QED) is 0.265. The third kappa shape index (κ3) is 0.922. The Morgan fingerprint density at radius 3 is 1.75 bits per heavy atom. The van der Waals surface area contributed by atoms with Crippen LogP contribution in [0, 0.1) is 13.8 Å². The van der Waals surface area contributed by atoms with E-state index in [0.29, 0.717) is 0 Å². The van der Waals surface area contributed by atoms with Crippen LogP contribution in [0.25, 0.3) is 0 Å². The molecule has 5 N–H and O–H groups in total. The molecule has 1 aromatic rings. The van der Waals surface area contributed by atoms with Crippen molar-refractivity contribution in [2.75, 3.05) is 5.73 Å². The molecule has 0 aliphatic rings. The molecule has 4 heteroatoms. The molecule has 4 nitrogen and oxygen atoms in total. The number of hydrogen-bond acceptors (Lipinski definition) is 4. The fourth-order valence-corrected chi connectivity index (χ4v) is 0.975. The van der Waals surface area contributed by atoms with Crippen LogP contribution < -0.4 is 5.73 Å². The average molecular weight is 169 g/mol. The van der Waals surface area contributed by atoms with E-state index in [1.807, 2.05) is 0 Å². The predicted molar refractivity (Wildman–Crippen MR) is 45.3 cm³/mol. The maximum absolute atomic E-state index is 9.30. The summed E-state index contributed by atoms with van der Waals surface area (Å²) < 4.78 is 0. The van der Waals surface area contributed by atoms with E-state index < -0.39 is 0 Å². The summed E-state index contributed by atoms with van der Waals surface area (Å²) in [4.78, 5) is 0. The Hall–Kier alpha value is -1.58. The molecular formula is C8H11NO3. The predicted octanol–water partition coefficient (Wildman–Crippen LogP) is 1.00. The van der Waals surface area contributed by atoms with E-state index in [-0.39, 0.29) is 34.1 Å². The van der Waals surface area contributed by atoms with Gasteiger partial charge in [0.05, 0.1) is 5.69 Å². The smallest absolute Gasteiger partial charge is 0.164 e. The van der Waals surface area contributed by atoms with Crippen molar-refractivity contribution in [3.63, 3.8) is 0 Å². The lowest BCUT2D eigenvalue weighted by molar-refractivity contribution is 0.390. The van der Waals surface area contributed by atoms with Crippen LogP contribution in [-0.4, -0.2) is 15.3 Å². The summed E-state index contributed by atoms with van der Waals surface area (Å²) in [5.74, 6) is -0.773. The second-order valence-electron chi connectivity index (χ2n) is 2.71. The van der Waals surface area contributed by atoms with Crippen LogP contribution in [0.15, 0.2) is 0 Å². The number of nitrogen functional groups attached to an aromatic ring is 1. The van der Waals surface area contributed by atoms with Crippen LogP contribution in [-0.2, 0) is 0 Å². The maximum Gasteiger partial charge on any atom is 0.164 e. The fourth-order valence-electron chi connectivity index (χ4n) is 0.975. The zero-order valence-corrected chi connectivity index (χ0v) is 6.92. The largest absolute Gasteiger partial charge is 0.505 e. The summed E-state index contributed by atoms with van der Waals surface area (Å²) >= 11 is 0. The van der Waals surface area contributed by atoms with Gasteiger partial charge in [-0.25, -0.2) is 0 Å². The molecule has 66 valence electrons. The Bertz CT molecular complexity index is 229. The number of hydrogen-bond donors (Lipinski definition) is 4. The Kier molecular flexibility index (Phi) is 1.76. The molecule has 1 aromatic carbocycles. The Balaban J connectivity index is 3.60. The number of phenols is 3. The van der Waals surface area contributed by atoms with Crippen molar-refractivity contribution in [3.8, 4) is 17.2 Å². The lowest BCUT2D eigenvalue weighted by Gasteiger charge is -2.10. The zero-order valence-electron chi connectivity index (χ0n) is 6.92. The number of benzene rings is 1. The van der Waals surface area contributed by atoms with Gasteiger partial charge in [-0.2, -0.15) is 0 Å². The van der Waals surface area contributed by atoms with Gasteiger partial charge >= 0.3 is 0 Å². The molecule has 1 rings (SSSR count). The molecule has 0 saturated carbocycles. The summed E-state index contributed by atoms with van der Waals surface area (Å²) in [6.45, 7) is 2.99. The van der Waals surface area contributed by atoms with Gasteiger partial charge in [-0.1, -0.05) is 0 Å². The number of aromatic hydroxyl groups is 3. The second kappa shape index (κ2) is 2.48. The number of anilines is 1. The summed E-state index contributed by atoms with van der Waals surface area (Å²) in [5.41, 5.74) is 6.01. The molecule has 0 spiro atoms. The minimum atomic E-state index is -0.320. The summed E-state index contributed by atoms with van der Waals surface area (Å²) in [7, 11) is 0. The van der Waals surface area contributed by atoms with Crippen LogP contribution in [0.2, 0.25) is 0 Å². The van der Waals surface area contributed by atoms with Gasteiger partial charge in [0.25, 0.3) is 0 Å². The highest BCUT2D eigenvalue weighted by atomic mass is 16.3. The zero-order chi connectivity index (χ0) is 9.46. The molecule has 0 heterocycles. The van der Waals surface area contributed by atoms with Crippen LogP contribution in [0.3, 0.4) is 0 Å². The number of phenolic OH excluding ortho intramolecular Hbond substituents is 3. The van der Waals surface area contributed by atoms with E-state index in [0.717, 1.165) is 0 Å². The fraction of sp³-hybridized carbons (Fsp3) is 0.250. The number of rotatable bonds is 0. The lowest BCUT2D eigenvalue weighted by atomic mass is 10.1. The molecule has 0 radical (unpaired) electrons. The van der Waals surface area contributed by atoms with Gasteiger partial charge in [-0.05, 0) is 13.8 Å². The summed E-state index contributed by atoms with van der Waals surface area (Å²) in [5, 5.41) is 27.8. The van der Waals surface area contributed by atoms with E-state index >= 15 is 0 Å². The topological polar surface area (TPSA) is 86.7 Å². The van der Waals surface area contributed by atoms with E-state index in [1.165, 1.54) is 13.8 Å². The van der Waals surface area contributed by atoms with Crippen LogP contribution >= 0.6 is 0 Å². The third-order valence-electron chi connectivity index (χ3n) is 1.95. The normalized spacial score (nSPS) is 10.2. The first-order chi connectivity index (χ1) is 5.46. The minimum absolute atomic E-state index is 0.0998. The highest BCUT2D eigenvalue weighted by Gasteiger charge is 2.15. The van der Waals surface area contributed by atoms with Gasteiger partial charge in [0.2, 0.25) is 0 Å². The standard InChI is InChI=1S/C8H11NO3/c1-3-5(9)6(10)4(2)8(12)7(3)11/h10-12H,9H2,1-2H3. The first kappa shape index (κ1) is 8.52. The van der Waals surface area contributed by atoms with Crippen molar-refractivity contribution >= 4 is 5.69 Å². The molecule has 0 aliphatic carbocycles. The van der Waals surface area contributed by atoms with Crippen molar-refractivity contribution in [1.82, 2.24) is 0 Å². The van der Waals surface area contributed by atoms with Gasteiger partial charge in [0.15, 0.2) is 11.5 Å². The molecule has 12 heavy (non-hydrogen) atoms. The average Bonchev–Trinajstić information content (AvgIpc) is 2.08.